The smallest absolute Gasteiger partial charge is 0.390 e. The molecule has 0 aliphatic carbocycles. The van der Waals surface area contributed by atoms with Crippen LogP contribution in [0.3, 0.4) is 0 Å². The number of halogens is 3. The van der Waals surface area contributed by atoms with Gasteiger partial charge >= 0.3 is 12.1 Å². The maximum atomic E-state index is 12.1. The maximum Gasteiger partial charge on any atom is 0.390 e. The number of carbonyl (C=O) groups excluding carboxylic acids is 1. The molecule has 0 unspecified atom stereocenters. The van der Waals surface area contributed by atoms with Crippen LogP contribution in [0.25, 0.3) is 0 Å². The van der Waals surface area contributed by atoms with E-state index in [9.17, 15) is 18.0 Å². The summed E-state index contributed by atoms with van der Waals surface area (Å²) in [6, 6.07) is 1.48. The predicted octanol–water partition coefficient (Wildman–Crippen LogP) is 2.90. The zero-order chi connectivity index (χ0) is 14.6. The number of rotatable bonds is 5. The molecule has 0 aromatic carbocycles. The minimum Gasteiger partial charge on any atom is -0.462 e. The third-order valence-corrected chi connectivity index (χ3v) is 3.56. The van der Waals surface area contributed by atoms with Crippen molar-refractivity contribution >= 4 is 28.0 Å². The van der Waals surface area contributed by atoms with Crippen molar-refractivity contribution < 1.29 is 22.7 Å². The van der Waals surface area contributed by atoms with E-state index in [-0.39, 0.29) is 23.7 Å². The molecule has 0 radical (unpaired) electrons. The minimum atomic E-state index is -4.21. The highest BCUT2D eigenvalue weighted by molar-refractivity contribution is 7.18. The number of thiophene rings is 1. The van der Waals surface area contributed by atoms with Crippen LogP contribution in [-0.4, -0.2) is 32.3 Å². The molecule has 19 heavy (non-hydrogen) atoms. The standard InChI is InChI=1S/C11H15F3N2O2S/c1-3-18-10(17)9-7(15)6-8(19-9)16(2)5-4-11(12,13)14/h6H,3-5,15H2,1-2H3. The summed E-state index contributed by atoms with van der Waals surface area (Å²) in [5.74, 6) is -0.555. The Balaban J connectivity index is 2.74. The van der Waals surface area contributed by atoms with Crippen LogP contribution < -0.4 is 10.6 Å². The third kappa shape index (κ3) is 4.62. The molecule has 0 saturated heterocycles. The van der Waals surface area contributed by atoms with Crippen LogP contribution in [0.15, 0.2) is 6.07 Å². The molecule has 0 spiro atoms. The van der Waals surface area contributed by atoms with E-state index in [4.69, 9.17) is 10.5 Å². The van der Waals surface area contributed by atoms with Gasteiger partial charge < -0.3 is 15.4 Å². The largest absolute Gasteiger partial charge is 0.462 e. The lowest BCUT2D eigenvalue weighted by atomic mass is 10.3. The molecule has 8 heteroatoms. The molecule has 0 saturated carbocycles. The highest BCUT2D eigenvalue weighted by atomic mass is 32.1. The molecule has 1 aromatic heterocycles. The molecule has 0 fully saturated rings. The van der Waals surface area contributed by atoms with Crippen molar-refractivity contribution in [3.05, 3.63) is 10.9 Å². The van der Waals surface area contributed by atoms with E-state index in [1.165, 1.54) is 18.0 Å². The Labute approximate surface area is 112 Å². The molecule has 1 aromatic rings. The van der Waals surface area contributed by atoms with Crippen molar-refractivity contribution in [2.75, 3.05) is 30.8 Å². The molecule has 2 N–H and O–H groups in total. The Morgan fingerprint density at radius 1 is 1.53 bits per heavy atom. The van der Waals surface area contributed by atoms with Crippen molar-refractivity contribution in [3.63, 3.8) is 0 Å². The van der Waals surface area contributed by atoms with Gasteiger partial charge in [0.25, 0.3) is 0 Å². The Morgan fingerprint density at radius 2 is 2.16 bits per heavy atom. The quantitative estimate of drug-likeness (QED) is 0.849. The summed E-state index contributed by atoms with van der Waals surface area (Å²) in [6.07, 6.45) is -5.13. The summed E-state index contributed by atoms with van der Waals surface area (Å²) >= 11 is 1.03. The first kappa shape index (κ1) is 15.6. The summed E-state index contributed by atoms with van der Waals surface area (Å²) in [5.41, 5.74) is 5.87. The highest BCUT2D eigenvalue weighted by Crippen LogP contribution is 2.33. The predicted molar refractivity (Wildman–Crippen MR) is 68.6 cm³/mol. The fourth-order valence-corrected chi connectivity index (χ4v) is 2.30. The van der Waals surface area contributed by atoms with Gasteiger partial charge in [-0.05, 0) is 13.0 Å². The van der Waals surface area contributed by atoms with Gasteiger partial charge in [0.2, 0.25) is 0 Å². The Kier molecular flexibility index (Phi) is 5.04. The number of esters is 1. The molecule has 0 aliphatic rings. The van der Waals surface area contributed by atoms with Crippen molar-refractivity contribution in [2.24, 2.45) is 0 Å². The van der Waals surface area contributed by atoms with Crippen molar-refractivity contribution in [3.8, 4) is 0 Å². The first-order valence-electron chi connectivity index (χ1n) is 5.59. The van der Waals surface area contributed by atoms with Crippen molar-refractivity contribution in [1.82, 2.24) is 0 Å². The van der Waals surface area contributed by atoms with E-state index in [1.54, 1.807) is 6.92 Å². The number of nitrogens with zero attached hydrogens (tertiary/aromatic N) is 1. The first-order chi connectivity index (χ1) is 8.74. The SMILES string of the molecule is CCOC(=O)c1sc(N(C)CCC(F)(F)F)cc1N. The van der Waals surface area contributed by atoms with E-state index in [1.807, 2.05) is 0 Å². The average molecular weight is 296 g/mol. The van der Waals surface area contributed by atoms with Gasteiger partial charge in [0.1, 0.15) is 4.88 Å². The van der Waals surface area contributed by atoms with Crippen LogP contribution in [0, 0.1) is 0 Å². The molecule has 4 nitrogen and oxygen atoms in total. The Morgan fingerprint density at radius 3 is 2.68 bits per heavy atom. The summed E-state index contributed by atoms with van der Waals surface area (Å²) in [4.78, 5) is 13.2. The van der Waals surface area contributed by atoms with E-state index in [2.05, 4.69) is 0 Å². The van der Waals surface area contributed by atoms with Gasteiger partial charge in [-0.25, -0.2) is 4.79 Å². The summed E-state index contributed by atoms with van der Waals surface area (Å²) in [5, 5.41) is 0.504. The Hall–Kier alpha value is -1.44. The first-order valence-corrected chi connectivity index (χ1v) is 6.40. The van der Waals surface area contributed by atoms with E-state index >= 15 is 0 Å². The van der Waals surface area contributed by atoms with Crippen LogP contribution >= 0.6 is 11.3 Å². The number of ether oxygens (including phenoxy) is 1. The average Bonchev–Trinajstić information content (AvgIpc) is 2.67. The number of anilines is 2. The van der Waals surface area contributed by atoms with Gasteiger partial charge in [-0.2, -0.15) is 13.2 Å². The number of carbonyl (C=O) groups is 1. The molecule has 1 rings (SSSR count). The molecular formula is C11H15F3N2O2S. The van der Waals surface area contributed by atoms with Crippen LogP contribution in [0.2, 0.25) is 0 Å². The molecule has 0 atom stereocenters. The Bertz CT molecular complexity index is 446. The normalized spacial score (nSPS) is 11.4. The van der Waals surface area contributed by atoms with Gasteiger partial charge in [-0.1, -0.05) is 0 Å². The van der Waals surface area contributed by atoms with Gasteiger partial charge in [0.15, 0.2) is 0 Å². The summed E-state index contributed by atoms with van der Waals surface area (Å²) < 4.78 is 41.2. The topological polar surface area (TPSA) is 55.6 Å². The third-order valence-electron chi connectivity index (χ3n) is 2.32. The molecule has 0 aliphatic heterocycles. The zero-order valence-corrected chi connectivity index (χ0v) is 11.4. The van der Waals surface area contributed by atoms with E-state index in [0.717, 1.165) is 11.3 Å². The fraction of sp³-hybridized carbons (Fsp3) is 0.545. The lowest BCUT2D eigenvalue weighted by Gasteiger charge is -2.17. The van der Waals surface area contributed by atoms with Crippen LogP contribution in [0.4, 0.5) is 23.9 Å². The summed E-state index contributed by atoms with van der Waals surface area (Å²) in [7, 11) is 1.52. The van der Waals surface area contributed by atoms with Crippen LogP contribution in [-0.2, 0) is 4.74 Å². The molecule has 0 amide bonds. The number of hydrogen-bond acceptors (Lipinski definition) is 5. The number of hydrogen-bond donors (Lipinski definition) is 1. The summed E-state index contributed by atoms with van der Waals surface area (Å²) in [6.45, 7) is 1.69. The molecule has 1 heterocycles. The number of nitrogens with two attached hydrogens (primary N) is 1. The van der Waals surface area contributed by atoms with Crippen molar-refractivity contribution in [2.45, 2.75) is 19.5 Å². The molecular weight excluding hydrogens is 281 g/mol. The van der Waals surface area contributed by atoms with Crippen LogP contribution in [0.5, 0.6) is 0 Å². The lowest BCUT2D eigenvalue weighted by Crippen LogP contribution is -2.23. The number of nitrogen functional groups attached to an aromatic ring is 1. The maximum absolute atomic E-state index is 12.1. The second-order valence-corrected chi connectivity index (χ2v) is 4.91. The minimum absolute atomic E-state index is 0.189. The second kappa shape index (κ2) is 6.14. The van der Waals surface area contributed by atoms with Crippen LogP contribution in [0.1, 0.15) is 23.0 Å². The van der Waals surface area contributed by atoms with Gasteiger partial charge in [-0.3, -0.25) is 0 Å². The molecule has 108 valence electrons. The van der Waals surface area contributed by atoms with Gasteiger partial charge in [0, 0.05) is 13.6 Å². The van der Waals surface area contributed by atoms with E-state index in [0.29, 0.717) is 5.00 Å². The highest BCUT2D eigenvalue weighted by Gasteiger charge is 2.27. The van der Waals surface area contributed by atoms with E-state index < -0.39 is 18.6 Å². The van der Waals surface area contributed by atoms with Gasteiger partial charge in [-0.15, -0.1) is 11.3 Å². The van der Waals surface area contributed by atoms with Crippen molar-refractivity contribution in [1.29, 1.82) is 0 Å². The lowest BCUT2D eigenvalue weighted by molar-refractivity contribution is -0.132. The monoisotopic (exact) mass is 296 g/mol. The number of alkyl halides is 3. The zero-order valence-electron chi connectivity index (χ0n) is 10.6. The van der Waals surface area contributed by atoms with Gasteiger partial charge in [0.05, 0.1) is 23.7 Å². The fourth-order valence-electron chi connectivity index (χ4n) is 1.34. The molecule has 0 bridgehead atoms. The second-order valence-electron chi connectivity index (χ2n) is 3.88.